The number of hydrogen-bond acceptors (Lipinski definition) is 2. The molecule has 0 N–H and O–H groups in total. The highest BCUT2D eigenvalue weighted by Crippen LogP contribution is 2.30. The highest BCUT2D eigenvalue weighted by molar-refractivity contribution is 5.63. The molecule has 0 fully saturated rings. The Hall–Kier alpha value is -2.21. The Morgan fingerprint density at radius 3 is 2.81 bits per heavy atom. The van der Waals surface area contributed by atoms with Crippen molar-refractivity contribution in [3.8, 4) is 11.8 Å². The molecule has 1 aromatic carbocycles. The molecule has 108 valence electrons. The predicted molar refractivity (Wildman–Crippen MR) is 86.4 cm³/mol. The molecule has 2 heterocycles. The number of hydrogen-bond donors (Lipinski definition) is 0. The van der Waals surface area contributed by atoms with E-state index in [9.17, 15) is 0 Å². The van der Waals surface area contributed by atoms with Gasteiger partial charge in [0.2, 0.25) is 0 Å². The van der Waals surface area contributed by atoms with Crippen molar-refractivity contribution in [2.24, 2.45) is 7.05 Å². The number of benzene rings is 1. The van der Waals surface area contributed by atoms with Gasteiger partial charge < -0.3 is 4.90 Å². The van der Waals surface area contributed by atoms with Gasteiger partial charge in [0.25, 0.3) is 0 Å². The number of aromatic nitrogens is 2. The molecule has 0 atom stereocenters. The zero-order valence-electron chi connectivity index (χ0n) is 12.9. The van der Waals surface area contributed by atoms with E-state index in [-0.39, 0.29) is 0 Å². The van der Waals surface area contributed by atoms with Crippen molar-refractivity contribution in [3.05, 3.63) is 47.3 Å². The molecule has 3 nitrogen and oxygen atoms in total. The summed E-state index contributed by atoms with van der Waals surface area (Å²) in [5, 5.41) is 4.16. The van der Waals surface area contributed by atoms with Gasteiger partial charge in [-0.15, -0.1) is 0 Å². The van der Waals surface area contributed by atoms with E-state index in [1.165, 1.54) is 17.7 Å². The number of rotatable bonds is 1. The molecule has 1 aliphatic heterocycles. The van der Waals surface area contributed by atoms with Crippen molar-refractivity contribution in [3.63, 3.8) is 0 Å². The van der Waals surface area contributed by atoms with E-state index in [0.29, 0.717) is 6.04 Å². The number of anilines is 1. The molecule has 21 heavy (non-hydrogen) atoms. The smallest absolute Gasteiger partial charge is 0.0646 e. The summed E-state index contributed by atoms with van der Waals surface area (Å²) in [6, 6.07) is 7.01. The summed E-state index contributed by atoms with van der Waals surface area (Å²) in [5.74, 6) is 6.56. The zero-order valence-corrected chi connectivity index (χ0v) is 12.9. The van der Waals surface area contributed by atoms with Crippen molar-refractivity contribution >= 4 is 5.69 Å². The van der Waals surface area contributed by atoms with Crippen LogP contribution in [0.2, 0.25) is 0 Å². The van der Waals surface area contributed by atoms with Gasteiger partial charge in [-0.2, -0.15) is 5.10 Å². The van der Waals surface area contributed by atoms with Gasteiger partial charge in [-0.25, -0.2) is 0 Å². The molecule has 2 aromatic rings. The van der Waals surface area contributed by atoms with Crippen LogP contribution in [0.5, 0.6) is 0 Å². The van der Waals surface area contributed by atoms with Gasteiger partial charge in [-0.1, -0.05) is 17.9 Å². The van der Waals surface area contributed by atoms with Crippen LogP contribution in [-0.4, -0.2) is 22.4 Å². The van der Waals surface area contributed by atoms with Gasteiger partial charge in [-0.05, 0) is 44.4 Å². The lowest BCUT2D eigenvalue weighted by molar-refractivity contribution is 0.625. The van der Waals surface area contributed by atoms with Crippen LogP contribution in [0.4, 0.5) is 5.69 Å². The second-order valence-corrected chi connectivity index (χ2v) is 5.85. The largest absolute Gasteiger partial charge is 0.369 e. The molecule has 3 heteroatoms. The van der Waals surface area contributed by atoms with Gasteiger partial charge in [0.1, 0.15) is 0 Å². The number of nitrogens with zero attached hydrogens (tertiary/aromatic N) is 3. The third-order valence-electron chi connectivity index (χ3n) is 3.96. The van der Waals surface area contributed by atoms with Crippen molar-refractivity contribution in [1.82, 2.24) is 9.78 Å². The molecule has 1 aliphatic rings. The molecular weight excluding hydrogens is 258 g/mol. The van der Waals surface area contributed by atoms with Gasteiger partial charge in [0.15, 0.2) is 0 Å². The van der Waals surface area contributed by atoms with E-state index >= 15 is 0 Å². The minimum atomic E-state index is 0.533. The van der Waals surface area contributed by atoms with Crippen LogP contribution in [0.15, 0.2) is 30.6 Å². The maximum absolute atomic E-state index is 4.16. The lowest BCUT2D eigenvalue weighted by atomic mass is 9.95. The predicted octanol–water partition coefficient (Wildman–Crippen LogP) is 2.98. The molecule has 0 saturated carbocycles. The highest BCUT2D eigenvalue weighted by Gasteiger charge is 2.20. The first kappa shape index (κ1) is 13.8. The van der Waals surface area contributed by atoms with Gasteiger partial charge in [-0.3, -0.25) is 4.68 Å². The Morgan fingerprint density at radius 2 is 2.10 bits per heavy atom. The first-order valence-electron chi connectivity index (χ1n) is 7.54. The van der Waals surface area contributed by atoms with Crippen molar-refractivity contribution in [1.29, 1.82) is 0 Å². The maximum Gasteiger partial charge on any atom is 0.0646 e. The fourth-order valence-corrected chi connectivity index (χ4v) is 2.93. The van der Waals surface area contributed by atoms with Crippen LogP contribution >= 0.6 is 0 Å². The summed E-state index contributed by atoms with van der Waals surface area (Å²) in [6.45, 7) is 5.65. The van der Waals surface area contributed by atoms with E-state index in [0.717, 1.165) is 24.1 Å². The minimum Gasteiger partial charge on any atom is -0.369 e. The molecule has 1 aromatic heterocycles. The SMILES string of the molecule is CC(C)N1CCCc2c(C#Cc3cnn(C)c3)cccc21. The molecular formula is C18H21N3. The summed E-state index contributed by atoms with van der Waals surface area (Å²) in [4.78, 5) is 2.48. The van der Waals surface area contributed by atoms with Crippen LogP contribution in [0.3, 0.4) is 0 Å². The average Bonchev–Trinajstić information content (AvgIpc) is 2.90. The summed E-state index contributed by atoms with van der Waals surface area (Å²) in [7, 11) is 1.91. The van der Waals surface area contributed by atoms with Crippen LogP contribution < -0.4 is 4.90 Å². The lowest BCUT2D eigenvalue weighted by Gasteiger charge is -2.35. The quantitative estimate of drug-likeness (QED) is 0.748. The molecule has 0 aliphatic carbocycles. The van der Waals surface area contributed by atoms with Gasteiger partial charge in [0, 0.05) is 37.1 Å². The normalized spacial score (nSPS) is 13.8. The van der Waals surface area contributed by atoms with E-state index in [1.54, 1.807) is 4.68 Å². The second-order valence-electron chi connectivity index (χ2n) is 5.85. The minimum absolute atomic E-state index is 0.533. The van der Waals surface area contributed by atoms with Crippen LogP contribution in [0.25, 0.3) is 0 Å². The maximum atomic E-state index is 4.16. The molecule has 0 radical (unpaired) electrons. The number of aryl methyl sites for hydroxylation is 1. The number of fused-ring (bicyclic) bond motifs is 1. The van der Waals surface area contributed by atoms with Gasteiger partial charge >= 0.3 is 0 Å². The summed E-state index contributed by atoms with van der Waals surface area (Å²) >= 11 is 0. The Balaban J connectivity index is 1.98. The molecule has 0 unspecified atom stereocenters. The van der Waals surface area contributed by atoms with Gasteiger partial charge in [0.05, 0.1) is 11.8 Å². The van der Waals surface area contributed by atoms with Crippen molar-refractivity contribution in [2.45, 2.75) is 32.7 Å². The fourth-order valence-electron chi connectivity index (χ4n) is 2.93. The van der Waals surface area contributed by atoms with Crippen molar-refractivity contribution < 1.29 is 0 Å². The Bertz CT molecular complexity index is 701. The molecule has 3 rings (SSSR count). The second kappa shape index (κ2) is 5.65. The van der Waals surface area contributed by atoms with Crippen molar-refractivity contribution in [2.75, 3.05) is 11.4 Å². The first-order valence-corrected chi connectivity index (χ1v) is 7.54. The summed E-state index contributed by atoms with van der Waals surface area (Å²) in [5.41, 5.74) is 4.87. The standard InChI is InChI=1S/C18H21N3/c1-14(2)21-11-5-7-17-16(6-4-8-18(17)21)10-9-15-12-19-20(3)13-15/h4,6,8,12-14H,5,7,11H2,1-3H3. The fraction of sp³-hybridized carbons (Fsp3) is 0.389. The summed E-state index contributed by atoms with van der Waals surface area (Å²) in [6.07, 6.45) is 6.08. The Morgan fingerprint density at radius 1 is 1.24 bits per heavy atom. The molecule has 0 saturated heterocycles. The Kier molecular flexibility index (Phi) is 3.70. The average molecular weight is 279 g/mol. The third-order valence-corrected chi connectivity index (χ3v) is 3.96. The first-order chi connectivity index (χ1) is 10.1. The van der Waals surface area contributed by atoms with E-state index in [1.807, 2.05) is 19.4 Å². The van der Waals surface area contributed by atoms with E-state index in [4.69, 9.17) is 0 Å². The van der Waals surface area contributed by atoms with E-state index < -0.39 is 0 Å². The third kappa shape index (κ3) is 2.80. The van der Waals surface area contributed by atoms with Crippen LogP contribution in [0, 0.1) is 11.8 Å². The topological polar surface area (TPSA) is 21.1 Å². The zero-order chi connectivity index (χ0) is 14.8. The molecule has 0 amide bonds. The summed E-state index contributed by atoms with van der Waals surface area (Å²) < 4.78 is 1.78. The Labute approximate surface area is 126 Å². The lowest BCUT2D eigenvalue weighted by Crippen LogP contribution is -2.35. The van der Waals surface area contributed by atoms with E-state index in [2.05, 4.69) is 53.9 Å². The molecule has 0 bridgehead atoms. The monoisotopic (exact) mass is 279 g/mol. The van der Waals surface area contributed by atoms with Crippen LogP contribution in [-0.2, 0) is 13.5 Å². The highest BCUT2D eigenvalue weighted by atomic mass is 15.2. The molecule has 0 spiro atoms. The van der Waals surface area contributed by atoms with Crippen LogP contribution in [0.1, 0.15) is 37.0 Å².